The minimum absolute atomic E-state index is 0.110. The molecule has 9 heteroatoms. The van der Waals surface area contributed by atoms with Gasteiger partial charge in [0.2, 0.25) is 6.79 Å². The Morgan fingerprint density at radius 2 is 2.00 bits per heavy atom. The van der Waals surface area contributed by atoms with Gasteiger partial charge in [0.15, 0.2) is 23.0 Å². The maximum absolute atomic E-state index is 12.5. The molecule has 0 aliphatic carbocycles. The molecule has 0 unspecified atom stereocenters. The molecule has 0 radical (unpaired) electrons. The molecule has 1 aliphatic rings. The number of rotatable bonds is 7. The average molecular weight is 374 g/mol. The van der Waals surface area contributed by atoms with Crippen molar-refractivity contribution in [2.45, 2.75) is 13.5 Å². The van der Waals surface area contributed by atoms with Gasteiger partial charge in [-0.1, -0.05) is 6.07 Å². The summed E-state index contributed by atoms with van der Waals surface area (Å²) in [4.78, 5) is 23.3. The Balaban J connectivity index is 1.81. The summed E-state index contributed by atoms with van der Waals surface area (Å²) < 4.78 is 21.0. The van der Waals surface area contributed by atoms with Crippen LogP contribution in [0.4, 0.5) is 5.69 Å². The standard InChI is InChI=1S/C18H18N2O7/c1-3-25-17-8-13(20(22)23)12(7-15(17)24-2)18(21)19-9-11-4-5-14-16(6-11)27-10-26-14/h4-8H,3,9-10H2,1-2H3,(H,19,21). The Hall–Kier alpha value is -3.49. The van der Waals surface area contributed by atoms with Crippen LogP contribution in [0.25, 0.3) is 0 Å². The fourth-order valence-electron chi connectivity index (χ4n) is 2.64. The number of amides is 1. The maximum atomic E-state index is 12.5. The van der Waals surface area contributed by atoms with Gasteiger partial charge in [-0.2, -0.15) is 0 Å². The van der Waals surface area contributed by atoms with E-state index in [0.29, 0.717) is 18.1 Å². The molecule has 27 heavy (non-hydrogen) atoms. The van der Waals surface area contributed by atoms with Crippen LogP contribution in [0.3, 0.4) is 0 Å². The van der Waals surface area contributed by atoms with Crippen LogP contribution >= 0.6 is 0 Å². The van der Waals surface area contributed by atoms with E-state index in [1.807, 2.05) is 0 Å². The zero-order chi connectivity index (χ0) is 19.4. The molecule has 3 rings (SSSR count). The number of nitro benzene ring substituents is 1. The van der Waals surface area contributed by atoms with Gasteiger partial charge in [-0.25, -0.2) is 0 Å². The highest BCUT2D eigenvalue weighted by Crippen LogP contribution is 2.35. The largest absolute Gasteiger partial charge is 0.493 e. The van der Waals surface area contributed by atoms with Gasteiger partial charge >= 0.3 is 0 Å². The Morgan fingerprint density at radius 1 is 1.22 bits per heavy atom. The Bertz CT molecular complexity index is 882. The number of nitro groups is 1. The second-order valence-electron chi connectivity index (χ2n) is 5.58. The van der Waals surface area contributed by atoms with Crippen LogP contribution in [0.2, 0.25) is 0 Å². The summed E-state index contributed by atoms with van der Waals surface area (Å²) in [6, 6.07) is 7.76. The molecule has 1 N–H and O–H groups in total. The van der Waals surface area contributed by atoms with E-state index in [1.54, 1.807) is 25.1 Å². The quantitative estimate of drug-likeness (QED) is 0.586. The van der Waals surface area contributed by atoms with Crippen molar-refractivity contribution in [3.05, 3.63) is 51.6 Å². The highest BCUT2D eigenvalue weighted by atomic mass is 16.7. The Labute approximate surface area is 154 Å². The number of methoxy groups -OCH3 is 1. The van der Waals surface area contributed by atoms with Crippen LogP contribution in [0.1, 0.15) is 22.8 Å². The molecule has 1 aliphatic heterocycles. The minimum atomic E-state index is -0.628. The van der Waals surface area contributed by atoms with Crippen molar-refractivity contribution >= 4 is 11.6 Å². The van der Waals surface area contributed by atoms with Crippen molar-refractivity contribution in [1.29, 1.82) is 0 Å². The van der Waals surface area contributed by atoms with Crippen LogP contribution in [0.15, 0.2) is 30.3 Å². The lowest BCUT2D eigenvalue weighted by molar-refractivity contribution is -0.385. The molecule has 1 amide bonds. The molecule has 2 aromatic carbocycles. The van der Waals surface area contributed by atoms with Crippen LogP contribution in [-0.4, -0.2) is 31.3 Å². The maximum Gasteiger partial charge on any atom is 0.286 e. The number of fused-ring (bicyclic) bond motifs is 1. The van der Waals surface area contributed by atoms with E-state index in [0.717, 1.165) is 5.56 Å². The molecule has 9 nitrogen and oxygen atoms in total. The Kier molecular flexibility index (Phi) is 5.30. The summed E-state index contributed by atoms with van der Waals surface area (Å²) in [6.07, 6.45) is 0. The molecule has 2 aromatic rings. The van der Waals surface area contributed by atoms with Gasteiger partial charge in [-0.15, -0.1) is 0 Å². The summed E-state index contributed by atoms with van der Waals surface area (Å²) >= 11 is 0. The molecular weight excluding hydrogens is 356 g/mol. The zero-order valence-corrected chi connectivity index (χ0v) is 14.8. The SMILES string of the molecule is CCOc1cc([N+](=O)[O-])c(C(=O)NCc2ccc3c(c2)OCO3)cc1OC. The number of hydrogen-bond donors (Lipinski definition) is 1. The molecule has 0 fully saturated rings. The predicted molar refractivity (Wildman–Crippen MR) is 94.6 cm³/mol. The topological polar surface area (TPSA) is 109 Å². The van der Waals surface area contributed by atoms with Crippen LogP contribution in [0, 0.1) is 10.1 Å². The number of nitrogens with zero attached hydrogens (tertiary/aromatic N) is 1. The monoisotopic (exact) mass is 374 g/mol. The predicted octanol–water partition coefficient (Wildman–Crippen LogP) is 2.66. The third kappa shape index (κ3) is 3.86. The first kappa shape index (κ1) is 18.3. The second kappa shape index (κ2) is 7.81. The first-order valence-electron chi connectivity index (χ1n) is 8.19. The normalized spacial score (nSPS) is 11.8. The average Bonchev–Trinajstić information content (AvgIpc) is 3.13. The minimum Gasteiger partial charge on any atom is -0.493 e. The van der Waals surface area contributed by atoms with E-state index in [4.69, 9.17) is 18.9 Å². The fraction of sp³-hybridized carbons (Fsp3) is 0.278. The third-order valence-corrected chi connectivity index (χ3v) is 3.91. The first-order chi connectivity index (χ1) is 13.0. The zero-order valence-electron chi connectivity index (χ0n) is 14.8. The Morgan fingerprint density at radius 3 is 2.70 bits per heavy atom. The molecule has 0 bridgehead atoms. The molecule has 142 valence electrons. The van der Waals surface area contributed by atoms with E-state index >= 15 is 0 Å². The van der Waals surface area contributed by atoms with Crippen molar-refractivity contribution in [2.24, 2.45) is 0 Å². The number of hydrogen-bond acceptors (Lipinski definition) is 7. The lowest BCUT2D eigenvalue weighted by atomic mass is 10.1. The number of carbonyl (C=O) groups excluding carboxylic acids is 1. The van der Waals surface area contributed by atoms with Gasteiger partial charge in [0, 0.05) is 12.6 Å². The van der Waals surface area contributed by atoms with Crippen molar-refractivity contribution in [2.75, 3.05) is 20.5 Å². The summed E-state index contributed by atoms with van der Waals surface area (Å²) in [7, 11) is 1.40. The molecule has 0 spiro atoms. The van der Waals surface area contributed by atoms with Gasteiger partial charge in [0.1, 0.15) is 5.56 Å². The lowest BCUT2D eigenvalue weighted by Crippen LogP contribution is -2.23. The van der Waals surface area contributed by atoms with Gasteiger partial charge in [0.25, 0.3) is 11.6 Å². The molecule has 0 saturated heterocycles. The molecular formula is C18H18N2O7. The number of benzene rings is 2. The number of carbonyl (C=O) groups is 1. The fourth-order valence-corrected chi connectivity index (χ4v) is 2.64. The molecule has 0 atom stereocenters. The van der Waals surface area contributed by atoms with E-state index in [9.17, 15) is 14.9 Å². The second-order valence-corrected chi connectivity index (χ2v) is 5.58. The van der Waals surface area contributed by atoms with Gasteiger partial charge < -0.3 is 24.3 Å². The van der Waals surface area contributed by atoms with Crippen LogP contribution in [-0.2, 0) is 6.54 Å². The molecule has 0 aromatic heterocycles. The van der Waals surface area contributed by atoms with Gasteiger partial charge in [-0.05, 0) is 24.6 Å². The van der Waals surface area contributed by atoms with Crippen molar-refractivity contribution in [3.8, 4) is 23.0 Å². The van der Waals surface area contributed by atoms with Crippen LogP contribution < -0.4 is 24.3 Å². The first-order valence-corrected chi connectivity index (χ1v) is 8.19. The molecule has 0 saturated carbocycles. The third-order valence-electron chi connectivity index (χ3n) is 3.91. The lowest BCUT2D eigenvalue weighted by Gasteiger charge is -2.12. The van der Waals surface area contributed by atoms with E-state index in [1.165, 1.54) is 19.2 Å². The summed E-state index contributed by atoms with van der Waals surface area (Å²) in [5, 5.41) is 14.1. The van der Waals surface area contributed by atoms with Crippen molar-refractivity contribution in [3.63, 3.8) is 0 Å². The highest BCUT2D eigenvalue weighted by molar-refractivity contribution is 5.99. The summed E-state index contributed by atoms with van der Waals surface area (Å²) in [6.45, 7) is 2.38. The summed E-state index contributed by atoms with van der Waals surface area (Å²) in [5.41, 5.74) is 0.302. The van der Waals surface area contributed by atoms with Gasteiger partial charge in [0.05, 0.1) is 24.7 Å². The van der Waals surface area contributed by atoms with Crippen molar-refractivity contribution in [1.82, 2.24) is 5.32 Å². The van der Waals surface area contributed by atoms with Gasteiger partial charge in [-0.3, -0.25) is 14.9 Å². The molecule has 1 heterocycles. The van der Waals surface area contributed by atoms with E-state index < -0.39 is 10.8 Å². The van der Waals surface area contributed by atoms with E-state index in [2.05, 4.69) is 5.32 Å². The highest BCUT2D eigenvalue weighted by Gasteiger charge is 2.24. The van der Waals surface area contributed by atoms with Crippen LogP contribution in [0.5, 0.6) is 23.0 Å². The number of ether oxygens (including phenoxy) is 4. The summed E-state index contributed by atoms with van der Waals surface area (Å²) in [5.74, 6) is 1.09. The smallest absolute Gasteiger partial charge is 0.286 e. The number of nitrogens with one attached hydrogen (secondary N) is 1. The van der Waals surface area contributed by atoms with Crippen molar-refractivity contribution < 1.29 is 28.7 Å². The van der Waals surface area contributed by atoms with E-state index in [-0.39, 0.29) is 36.1 Å².